The summed E-state index contributed by atoms with van der Waals surface area (Å²) < 4.78 is 0. The highest BCUT2D eigenvalue weighted by Crippen LogP contribution is 2.17. The highest BCUT2D eigenvalue weighted by Gasteiger charge is 2.12. The molecule has 0 radical (unpaired) electrons. The van der Waals surface area contributed by atoms with Crippen LogP contribution in [0, 0.1) is 0 Å². The molecular formula is C14H27N. The van der Waals surface area contributed by atoms with Gasteiger partial charge < -0.3 is 4.90 Å². The number of likely N-dealkylation sites (tertiary alicyclic amines) is 1. The first-order chi connectivity index (χ1) is 7.24. The molecule has 0 aromatic carbocycles. The summed E-state index contributed by atoms with van der Waals surface area (Å²) in [6, 6.07) is 0. The molecular weight excluding hydrogens is 182 g/mol. The highest BCUT2D eigenvalue weighted by molar-refractivity contribution is 5.15. The van der Waals surface area contributed by atoms with E-state index in [-0.39, 0.29) is 0 Å². The van der Waals surface area contributed by atoms with Gasteiger partial charge in [-0.15, -0.1) is 0 Å². The normalized spacial score (nSPS) is 15.8. The van der Waals surface area contributed by atoms with Crippen molar-refractivity contribution in [3.8, 4) is 0 Å². The summed E-state index contributed by atoms with van der Waals surface area (Å²) in [4.78, 5) is 2.51. The van der Waals surface area contributed by atoms with Crippen molar-refractivity contribution >= 4 is 0 Å². The molecule has 1 rings (SSSR count). The molecule has 0 bridgehead atoms. The number of nitrogens with zero attached hydrogens (tertiary/aromatic N) is 1. The van der Waals surface area contributed by atoms with Gasteiger partial charge in [0.15, 0.2) is 0 Å². The molecule has 0 saturated carbocycles. The lowest BCUT2D eigenvalue weighted by Crippen LogP contribution is -2.17. The Morgan fingerprint density at radius 1 is 1.07 bits per heavy atom. The van der Waals surface area contributed by atoms with Gasteiger partial charge in [-0.1, -0.05) is 32.4 Å². The van der Waals surface area contributed by atoms with E-state index in [9.17, 15) is 0 Å². The third kappa shape index (κ3) is 5.66. The zero-order valence-electron chi connectivity index (χ0n) is 11.1. The second kappa shape index (κ2) is 8.58. The predicted molar refractivity (Wildman–Crippen MR) is 70.0 cm³/mol. The molecule has 15 heavy (non-hydrogen) atoms. The van der Waals surface area contributed by atoms with Gasteiger partial charge in [-0.25, -0.2) is 0 Å². The van der Waals surface area contributed by atoms with Gasteiger partial charge in [0.25, 0.3) is 0 Å². The van der Waals surface area contributed by atoms with Crippen molar-refractivity contribution in [1.29, 1.82) is 0 Å². The highest BCUT2D eigenvalue weighted by atomic mass is 15.1. The van der Waals surface area contributed by atoms with Crippen LogP contribution >= 0.6 is 0 Å². The van der Waals surface area contributed by atoms with Gasteiger partial charge in [-0.3, -0.25) is 0 Å². The summed E-state index contributed by atoms with van der Waals surface area (Å²) in [5.74, 6) is 0. The number of allylic oxidation sites excluding steroid dienone is 4. The minimum atomic E-state index is 1.16. The van der Waals surface area contributed by atoms with E-state index in [0.29, 0.717) is 0 Å². The molecule has 0 aliphatic carbocycles. The molecule has 0 unspecified atom stereocenters. The molecule has 1 aliphatic rings. The molecule has 0 aromatic heterocycles. The molecule has 1 saturated heterocycles. The topological polar surface area (TPSA) is 3.24 Å². The molecule has 0 N–H and O–H groups in total. The summed E-state index contributed by atoms with van der Waals surface area (Å²) in [5.41, 5.74) is 2.88. The lowest BCUT2D eigenvalue weighted by molar-refractivity contribution is 0.413. The third-order valence-electron chi connectivity index (χ3n) is 2.48. The van der Waals surface area contributed by atoms with E-state index in [4.69, 9.17) is 0 Å². The van der Waals surface area contributed by atoms with Crippen molar-refractivity contribution in [1.82, 2.24) is 4.90 Å². The lowest BCUT2D eigenvalue weighted by Gasteiger charge is -2.19. The maximum atomic E-state index is 2.51. The van der Waals surface area contributed by atoms with Gasteiger partial charge in [-0.05, 0) is 39.2 Å². The second-order valence-electron chi connectivity index (χ2n) is 3.95. The quantitative estimate of drug-likeness (QED) is 0.624. The zero-order chi connectivity index (χ0) is 11.7. The summed E-state index contributed by atoms with van der Waals surface area (Å²) >= 11 is 0. The van der Waals surface area contributed by atoms with Gasteiger partial charge in [0.2, 0.25) is 0 Å². The smallest absolute Gasteiger partial charge is 0.0175 e. The van der Waals surface area contributed by atoms with Crippen LogP contribution in [-0.4, -0.2) is 18.0 Å². The van der Waals surface area contributed by atoms with Crippen LogP contribution < -0.4 is 0 Å². The molecule has 1 aliphatic heterocycles. The van der Waals surface area contributed by atoms with E-state index in [2.05, 4.69) is 37.8 Å². The largest absolute Gasteiger partial charge is 0.375 e. The van der Waals surface area contributed by atoms with Crippen LogP contribution in [0.1, 0.15) is 53.9 Å². The van der Waals surface area contributed by atoms with Gasteiger partial charge in [-0.2, -0.15) is 0 Å². The Morgan fingerprint density at radius 2 is 1.60 bits per heavy atom. The van der Waals surface area contributed by atoms with Crippen molar-refractivity contribution in [3.05, 3.63) is 23.4 Å². The Kier molecular flexibility index (Phi) is 8.17. The van der Waals surface area contributed by atoms with Gasteiger partial charge >= 0.3 is 0 Å². The van der Waals surface area contributed by atoms with Gasteiger partial charge in [0.05, 0.1) is 0 Å². The van der Waals surface area contributed by atoms with E-state index in [1.54, 1.807) is 0 Å². The van der Waals surface area contributed by atoms with E-state index in [0.717, 1.165) is 6.42 Å². The first kappa shape index (κ1) is 14.3. The maximum absolute atomic E-state index is 2.51. The lowest BCUT2D eigenvalue weighted by atomic mass is 10.2. The van der Waals surface area contributed by atoms with Crippen LogP contribution in [0.5, 0.6) is 0 Å². The maximum Gasteiger partial charge on any atom is 0.0175 e. The van der Waals surface area contributed by atoms with Gasteiger partial charge in [0.1, 0.15) is 0 Å². The van der Waals surface area contributed by atoms with Crippen molar-refractivity contribution in [3.63, 3.8) is 0 Å². The Labute approximate surface area is 95.9 Å². The van der Waals surface area contributed by atoms with E-state index in [1.165, 1.54) is 37.2 Å². The minimum Gasteiger partial charge on any atom is -0.375 e. The van der Waals surface area contributed by atoms with Crippen molar-refractivity contribution < 1.29 is 0 Å². The van der Waals surface area contributed by atoms with Crippen molar-refractivity contribution in [2.45, 2.75) is 53.9 Å². The van der Waals surface area contributed by atoms with Crippen molar-refractivity contribution in [2.75, 3.05) is 13.1 Å². The fraction of sp³-hybridized carbons (Fsp3) is 0.714. The van der Waals surface area contributed by atoms with Gasteiger partial charge in [0, 0.05) is 18.8 Å². The van der Waals surface area contributed by atoms with E-state index >= 15 is 0 Å². The number of rotatable bonds is 3. The summed E-state index contributed by atoms with van der Waals surface area (Å²) in [7, 11) is 0. The number of hydrogen-bond acceptors (Lipinski definition) is 1. The minimum absolute atomic E-state index is 1.16. The Balaban J connectivity index is 0.000000921. The van der Waals surface area contributed by atoms with Crippen LogP contribution in [0.4, 0.5) is 0 Å². The molecule has 0 amide bonds. The van der Waals surface area contributed by atoms with Crippen molar-refractivity contribution in [2.24, 2.45) is 0 Å². The molecule has 0 spiro atoms. The van der Waals surface area contributed by atoms with Crippen LogP contribution in [0.2, 0.25) is 0 Å². The van der Waals surface area contributed by atoms with E-state index < -0.39 is 0 Å². The average molecular weight is 209 g/mol. The van der Waals surface area contributed by atoms with Crippen LogP contribution in [-0.2, 0) is 0 Å². The Hall–Kier alpha value is -0.720. The molecule has 1 heterocycles. The zero-order valence-corrected chi connectivity index (χ0v) is 11.1. The second-order valence-corrected chi connectivity index (χ2v) is 3.95. The first-order valence-corrected chi connectivity index (χ1v) is 6.33. The third-order valence-corrected chi connectivity index (χ3v) is 2.48. The summed E-state index contributed by atoms with van der Waals surface area (Å²) in [6.45, 7) is 13.1. The Bertz CT molecular complexity index is 203. The Morgan fingerprint density at radius 3 is 2.00 bits per heavy atom. The number of hydrogen-bond donors (Lipinski definition) is 0. The molecule has 88 valence electrons. The fourth-order valence-electron chi connectivity index (χ4n) is 1.71. The van der Waals surface area contributed by atoms with E-state index in [1.807, 2.05) is 13.8 Å². The molecule has 1 fully saturated rings. The summed E-state index contributed by atoms with van der Waals surface area (Å²) in [6.07, 6.45) is 8.39. The fourth-order valence-corrected chi connectivity index (χ4v) is 1.71. The predicted octanol–water partition coefficient (Wildman–Crippen LogP) is 4.37. The average Bonchev–Trinajstić information content (AvgIpc) is 2.75. The SMILES string of the molecule is CC.CC/C(=C\C=C(C)C)N1CCCC1. The van der Waals surface area contributed by atoms with Crippen LogP contribution in [0.15, 0.2) is 23.4 Å². The molecule has 0 atom stereocenters. The summed E-state index contributed by atoms with van der Waals surface area (Å²) in [5, 5.41) is 0. The van der Waals surface area contributed by atoms with Crippen LogP contribution in [0.25, 0.3) is 0 Å². The molecule has 0 aromatic rings. The standard InChI is InChI=1S/C12H21N.C2H6/c1-4-12(8-7-11(2)3)13-9-5-6-10-13;1-2/h7-8H,4-6,9-10H2,1-3H3;1-2H3/b12-8+;. The van der Waals surface area contributed by atoms with Crippen LogP contribution in [0.3, 0.4) is 0 Å². The molecule has 1 nitrogen and oxygen atoms in total. The first-order valence-electron chi connectivity index (χ1n) is 6.33. The molecule has 1 heteroatoms. The monoisotopic (exact) mass is 209 g/mol.